The number of rotatable bonds is 6. The van der Waals surface area contributed by atoms with Gasteiger partial charge in [-0.15, -0.1) is 11.3 Å². The van der Waals surface area contributed by atoms with E-state index in [4.69, 9.17) is 0 Å². The zero-order valence-corrected chi connectivity index (χ0v) is 15.7. The number of benzene rings is 1. The summed E-state index contributed by atoms with van der Waals surface area (Å²) < 4.78 is 13.5. The molecule has 0 atom stereocenters. The molecule has 9 nitrogen and oxygen atoms in total. The maximum Gasteiger partial charge on any atom is 0.334 e. The number of anilines is 1. The number of carbonyl (C=O) groups is 5. The first-order valence-corrected chi connectivity index (χ1v) is 9.30. The minimum atomic E-state index is -1.15. The molecule has 3 rings (SSSR count). The molecular formula is C18H15FN4O5S. The predicted octanol–water partition coefficient (Wildman–Crippen LogP) is 1.57. The van der Waals surface area contributed by atoms with Gasteiger partial charge in [0.25, 0.3) is 0 Å². The summed E-state index contributed by atoms with van der Waals surface area (Å²) in [5.41, 5.74) is -0.152. The zero-order valence-electron chi connectivity index (χ0n) is 14.9. The lowest BCUT2D eigenvalue weighted by Gasteiger charge is -2.15. The van der Waals surface area contributed by atoms with Crippen molar-refractivity contribution in [2.45, 2.75) is 6.42 Å². The van der Waals surface area contributed by atoms with Gasteiger partial charge in [0, 0.05) is 17.8 Å². The molecule has 29 heavy (non-hydrogen) atoms. The number of amides is 7. The molecule has 11 heteroatoms. The quantitative estimate of drug-likeness (QED) is 0.546. The summed E-state index contributed by atoms with van der Waals surface area (Å²) in [6, 6.07) is 7.00. The lowest BCUT2D eigenvalue weighted by molar-refractivity contribution is -0.143. The van der Waals surface area contributed by atoms with Gasteiger partial charge in [-0.2, -0.15) is 0 Å². The number of para-hydroxylation sites is 1. The molecule has 0 radical (unpaired) electrons. The van der Waals surface area contributed by atoms with E-state index < -0.39 is 42.1 Å². The van der Waals surface area contributed by atoms with Crippen LogP contribution in [0.5, 0.6) is 0 Å². The summed E-state index contributed by atoms with van der Waals surface area (Å²) in [5, 5.41) is 5.85. The van der Waals surface area contributed by atoms with E-state index in [9.17, 15) is 28.4 Å². The summed E-state index contributed by atoms with van der Waals surface area (Å²) in [7, 11) is 0. The highest BCUT2D eigenvalue weighted by atomic mass is 32.1. The van der Waals surface area contributed by atoms with Crippen LogP contribution in [-0.4, -0.2) is 52.7 Å². The molecule has 2 aromatic rings. The Morgan fingerprint density at radius 1 is 1.00 bits per heavy atom. The Morgan fingerprint density at radius 2 is 1.72 bits per heavy atom. The maximum atomic E-state index is 13.5. The second-order valence-electron chi connectivity index (χ2n) is 5.94. The number of hydrogen-bond donors (Lipinski definition) is 2. The van der Waals surface area contributed by atoms with Crippen LogP contribution in [0.4, 0.5) is 19.7 Å². The van der Waals surface area contributed by atoms with Crippen molar-refractivity contribution < 1.29 is 28.4 Å². The Bertz CT molecular complexity index is 978. The highest BCUT2D eigenvalue weighted by Gasteiger charge is 2.45. The fraction of sp³-hybridized carbons (Fsp3) is 0.167. The van der Waals surface area contributed by atoms with Crippen LogP contribution in [0, 0.1) is 5.82 Å². The number of hydrogen-bond acceptors (Lipinski definition) is 6. The van der Waals surface area contributed by atoms with Crippen LogP contribution in [0.3, 0.4) is 0 Å². The second-order valence-corrected chi connectivity index (χ2v) is 6.97. The van der Waals surface area contributed by atoms with Gasteiger partial charge >= 0.3 is 23.9 Å². The van der Waals surface area contributed by atoms with Gasteiger partial charge in [-0.05, 0) is 23.6 Å². The van der Waals surface area contributed by atoms with E-state index in [1.54, 1.807) is 0 Å². The van der Waals surface area contributed by atoms with Gasteiger partial charge in [-0.1, -0.05) is 18.2 Å². The van der Waals surface area contributed by atoms with Crippen molar-refractivity contribution in [1.29, 1.82) is 0 Å². The molecule has 0 unspecified atom stereocenters. The molecule has 0 aliphatic carbocycles. The van der Waals surface area contributed by atoms with Crippen molar-refractivity contribution in [1.82, 2.24) is 15.1 Å². The van der Waals surface area contributed by atoms with Gasteiger partial charge in [0.15, 0.2) is 0 Å². The van der Waals surface area contributed by atoms with Gasteiger partial charge in [0.1, 0.15) is 12.4 Å². The molecule has 0 bridgehead atoms. The Labute approximate surface area is 168 Å². The Hall–Kier alpha value is -3.60. The number of imide groups is 3. The molecule has 2 heterocycles. The number of nitrogens with zero attached hydrogens (tertiary/aromatic N) is 2. The van der Waals surface area contributed by atoms with Gasteiger partial charge in [0.05, 0.1) is 5.69 Å². The van der Waals surface area contributed by atoms with E-state index in [2.05, 4.69) is 5.32 Å². The third-order valence-electron chi connectivity index (χ3n) is 3.97. The fourth-order valence-corrected chi connectivity index (χ4v) is 3.29. The first-order chi connectivity index (χ1) is 13.9. The number of carbonyl (C=O) groups excluding carboxylic acids is 5. The van der Waals surface area contributed by atoms with E-state index in [1.165, 1.54) is 29.5 Å². The molecule has 1 aromatic carbocycles. The zero-order chi connectivity index (χ0) is 21.0. The molecule has 1 aromatic heterocycles. The van der Waals surface area contributed by atoms with Gasteiger partial charge in [-0.25, -0.2) is 18.9 Å². The lowest BCUT2D eigenvalue weighted by atomic mass is 10.3. The van der Waals surface area contributed by atoms with E-state index in [-0.39, 0.29) is 12.2 Å². The van der Waals surface area contributed by atoms with Gasteiger partial charge in [-0.3, -0.25) is 24.6 Å². The van der Waals surface area contributed by atoms with Crippen LogP contribution in [-0.2, 0) is 20.8 Å². The van der Waals surface area contributed by atoms with Crippen LogP contribution in [0.1, 0.15) is 4.88 Å². The van der Waals surface area contributed by atoms with Crippen molar-refractivity contribution in [2.75, 3.05) is 18.4 Å². The first-order valence-electron chi connectivity index (χ1n) is 8.42. The SMILES string of the molecule is O=C(CN1C(=O)C(=O)N(CCc2cccs2)C1=O)NC(=O)Nc1ccccc1F. The largest absolute Gasteiger partial charge is 0.334 e. The van der Waals surface area contributed by atoms with Gasteiger partial charge < -0.3 is 5.32 Å². The maximum absolute atomic E-state index is 13.5. The Kier molecular flexibility index (Phi) is 5.98. The third kappa shape index (κ3) is 4.63. The van der Waals surface area contributed by atoms with Crippen LogP contribution in [0.25, 0.3) is 0 Å². The third-order valence-corrected chi connectivity index (χ3v) is 4.91. The average Bonchev–Trinajstić information content (AvgIpc) is 3.26. The van der Waals surface area contributed by atoms with E-state index >= 15 is 0 Å². The predicted molar refractivity (Wildman–Crippen MR) is 100 cm³/mol. The minimum absolute atomic E-state index is 0.00416. The van der Waals surface area contributed by atoms with Crippen LogP contribution >= 0.6 is 11.3 Å². The van der Waals surface area contributed by atoms with E-state index in [0.717, 1.165) is 15.8 Å². The standard InChI is InChI=1S/C18H15FN4O5S/c19-12-5-1-2-6-13(12)20-17(27)21-14(24)10-23-16(26)15(25)22(18(23)28)8-7-11-4-3-9-29-11/h1-6,9H,7-8,10H2,(H2,20,21,24,27). The topological polar surface area (TPSA) is 116 Å². The van der Waals surface area contributed by atoms with Crippen molar-refractivity contribution >= 4 is 46.8 Å². The molecule has 1 aliphatic rings. The molecular weight excluding hydrogens is 403 g/mol. The molecule has 150 valence electrons. The van der Waals surface area contributed by atoms with Crippen molar-refractivity contribution in [3.63, 3.8) is 0 Å². The van der Waals surface area contributed by atoms with Crippen LogP contribution in [0.15, 0.2) is 41.8 Å². The summed E-state index contributed by atoms with van der Waals surface area (Å²) in [4.78, 5) is 62.3. The van der Waals surface area contributed by atoms with Crippen molar-refractivity contribution in [3.8, 4) is 0 Å². The number of nitrogens with one attached hydrogen (secondary N) is 2. The smallest absolute Gasteiger partial charge is 0.305 e. The number of urea groups is 2. The van der Waals surface area contributed by atoms with Gasteiger partial charge in [0.2, 0.25) is 5.91 Å². The highest BCUT2D eigenvalue weighted by Crippen LogP contribution is 2.15. The fourth-order valence-electron chi connectivity index (χ4n) is 2.59. The number of thiophene rings is 1. The second kappa shape index (κ2) is 8.61. The molecule has 1 aliphatic heterocycles. The molecule has 1 fully saturated rings. The first kappa shape index (κ1) is 20.1. The minimum Gasteiger partial charge on any atom is -0.305 e. The Morgan fingerprint density at radius 3 is 2.41 bits per heavy atom. The average molecular weight is 418 g/mol. The highest BCUT2D eigenvalue weighted by molar-refractivity contribution is 7.09. The summed E-state index contributed by atoms with van der Waals surface area (Å²) >= 11 is 1.45. The Balaban J connectivity index is 1.56. The normalized spacial score (nSPS) is 13.8. The molecule has 0 saturated carbocycles. The van der Waals surface area contributed by atoms with Crippen LogP contribution in [0.2, 0.25) is 0 Å². The van der Waals surface area contributed by atoms with E-state index in [1.807, 2.05) is 22.8 Å². The summed E-state index contributed by atoms with van der Waals surface area (Å²) in [5.74, 6) is -3.89. The molecule has 2 N–H and O–H groups in total. The monoisotopic (exact) mass is 418 g/mol. The molecule has 1 saturated heterocycles. The molecule has 0 spiro atoms. The van der Waals surface area contributed by atoms with E-state index in [0.29, 0.717) is 11.3 Å². The van der Waals surface area contributed by atoms with Crippen molar-refractivity contribution in [2.24, 2.45) is 0 Å². The lowest BCUT2D eigenvalue weighted by Crippen LogP contribution is -2.44. The molecule has 7 amide bonds. The van der Waals surface area contributed by atoms with Crippen molar-refractivity contribution in [3.05, 3.63) is 52.5 Å². The van der Waals surface area contributed by atoms with Crippen LogP contribution < -0.4 is 10.6 Å². The summed E-state index contributed by atoms with van der Waals surface area (Å²) in [6.45, 7) is -0.820. The number of halogens is 1. The summed E-state index contributed by atoms with van der Waals surface area (Å²) in [6.07, 6.45) is 0.382.